The topological polar surface area (TPSA) is 158 Å². The number of aliphatic hydroxyl groups excluding tert-OH is 1. The number of H-pyrrole nitrogens is 1. The van der Waals surface area contributed by atoms with Gasteiger partial charge in [-0.15, -0.1) is 0 Å². The molecular formula is C22H28F2N3O9P. The Labute approximate surface area is 210 Å². The maximum Gasteiger partial charge on any atom is 0.459 e. The Bertz CT molecular complexity index is 1270. The van der Waals surface area contributed by atoms with Crippen LogP contribution in [-0.4, -0.2) is 57.3 Å². The molecule has 1 aromatic heterocycles. The lowest BCUT2D eigenvalue weighted by Gasteiger charge is -2.25. The summed E-state index contributed by atoms with van der Waals surface area (Å²) in [6.07, 6.45) is -5.32. The fraction of sp³-hybridized carbons (Fsp3) is 0.500. The average molecular weight is 547 g/mol. The molecule has 204 valence electrons. The van der Waals surface area contributed by atoms with E-state index in [4.69, 9.17) is 18.5 Å². The molecule has 0 amide bonds. The maximum atomic E-state index is 15.4. The molecule has 37 heavy (non-hydrogen) atoms. The zero-order valence-electron chi connectivity index (χ0n) is 20.4. The lowest BCUT2D eigenvalue weighted by atomic mass is 9.98. The number of aromatic amines is 1. The van der Waals surface area contributed by atoms with Crippen molar-refractivity contribution in [1.29, 1.82) is 0 Å². The van der Waals surface area contributed by atoms with Crippen LogP contribution in [0.4, 0.5) is 8.78 Å². The van der Waals surface area contributed by atoms with Gasteiger partial charge in [-0.05, 0) is 39.8 Å². The summed E-state index contributed by atoms with van der Waals surface area (Å²) in [5, 5.41) is 13.0. The van der Waals surface area contributed by atoms with E-state index in [2.05, 4.69) is 5.09 Å². The van der Waals surface area contributed by atoms with Gasteiger partial charge in [0.2, 0.25) is 5.82 Å². The van der Waals surface area contributed by atoms with E-state index >= 15 is 4.39 Å². The van der Waals surface area contributed by atoms with Gasteiger partial charge < -0.3 is 19.1 Å². The Morgan fingerprint density at radius 2 is 1.95 bits per heavy atom. The molecule has 2 heterocycles. The number of hydrogen-bond donors (Lipinski definition) is 3. The molecule has 0 aliphatic carbocycles. The molecule has 6 atom stereocenters. The molecule has 0 unspecified atom stereocenters. The van der Waals surface area contributed by atoms with E-state index in [1.165, 1.54) is 19.1 Å². The molecule has 0 radical (unpaired) electrons. The molecule has 12 nitrogen and oxygen atoms in total. The van der Waals surface area contributed by atoms with E-state index in [9.17, 15) is 28.4 Å². The molecule has 1 fully saturated rings. The second kappa shape index (κ2) is 11.2. The van der Waals surface area contributed by atoms with Gasteiger partial charge in [-0.3, -0.25) is 23.7 Å². The molecule has 3 rings (SSSR count). The summed E-state index contributed by atoms with van der Waals surface area (Å²) in [6.45, 7) is 4.79. The van der Waals surface area contributed by atoms with E-state index in [0.29, 0.717) is 10.8 Å². The summed E-state index contributed by atoms with van der Waals surface area (Å²) in [5.74, 6) is -2.01. The minimum atomic E-state index is -4.37. The summed E-state index contributed by atoms with van der Waals surface area (Å²) in [7, 11) is -4.37. The SMILES string of the molecule is CC(C)OC(=O)[C@@H](C)N[P@@](=O)(OC[C@H]1O[C@@H](n2cc(F)c(=O)[nH]c2=O)[C@](C)(F)[C@@H]1O)Oc1ccccc1. The van der Waals surface area contributed by atoms with Crippen LogP contribution in [-0.2, 0) is 23.4 Å². The van der Waals surface area contributed by atoms with Crippen LogP contribution in [0.1, 0.15) is 33.9 Å². The molecule has 0 spiro atoms. The number of para-hydroxylation sites is 1. The average Bonchev–Trinajstić information content (AvgIpc) is 3.03. The molecule has 1 saturated heterocycles. The first-order valence-electron chi connectivity index (χ1n) is 11.2. The van der Waals surface area contributed by atoms with Gasteiger partial charge in [0.05, 0.1) is 18.9 Å². The fourth-order valence-corrected chi connectivity index (χ4v) is 4.99. The number of hydrogen-bond acceptors (Lipinski definition) is 9. The number of carbonyl (C=O) groups excluding carboxylic acids is 1. The van der Waals surface area contributed by atoms with Gasteiger partial charge in [-0.25, -0.2) is 13.8 Å². The number of aliphatic hydroxyl groups is 1. The summed E-state index contributed by atoms with van der Waals surface area (Å²) in [4.78, 5) is 37.4. The lowest BCUT2D eigenvalue weighted by Crippen LogP contribution is -2.44. The first-order valence-corrected chi connectivity index (χ1v) is 12.8. The number of aromatic nitrogens is 2. The predicted octanol–water partition coefficient (Wildman–Crippen LogP) is 1.80. The van der Waals surface area contributed by atoms with E-state index in [-0.39, 0.29) is 5.75 Å². The van der Waals surface area contributed by atoms with Gasteiger partial charge in [-0.2, -0.15) is 9.48 Å². The Morgan fingerprint density at radius 3 is 2.57 bits per heavy atom. The number of carbonyl (C=O) groups is 1. The van der Waals surface area contributed by atoms with Crippen LogP contribution in [0.2, 0.25) is 0 Å². The number of benzene rings is 1. The lowest BCUT2D eigenvalue weighted by molar-refractivity contribution is -0.149. The van der Waals surface area contributed by atoms with Crippen molar-refractivity contribution < 1.29 is 41.8 Å². The molecule has 1 aliphatic rings. The predicted molar refractivity (Wildman–Crippen MR) is 125 cm³/mol. The minimum absolute atomic E-state index is 0.110. The molecule has 0 bridgehead atoms. The van der Waals surface area contributed by atoms with Gasteiger partial charge in [-0.1, -0.05) is 18.2 Å². The molecule has 3 N–H and O–H groups in total. The van der Waals surface area contributed by atoms with Crippen molar-refractivity contribution >= 4 is 13.7 Å². The second-order valence-electron chi connectivity index (χ2n) is 8.80. The Kier molecular flexibility index (Phi) is 8.70. The monoisotopic (exact) mass is 547 g/mol. The van der Waals surface area contributed by atoms with Crippen molar-refractivity contribution in [3.05, 3.63) is 63.2 Å². The second-order valence-corrected chi connectivity index (χ2v) is 10.5. The van der Waals surface area contributed by atoms with E-state index < -0.39 is 73.6 Å². The molecule has 2 aromatic rings. The highest BCUT2D eigenvalue weighted by atomic mass is 31.2. The number of esters is 1. The highest BCUT2D eigenvalue weighted by Gasteiger charge is 2.56. The Hall–Kier alpha value is -2.90. The highest BCUT2D eigenvalue weighted by Crippen LogP contribution is 2.47. The zero-order chi connectivity index (χ0) is 27.5. The molecule has 1 aromatic carbocycles. The number of nitrogens with one attached hydrogen (secondary N) is 2. The summed E-state index contributed by atoms with van der Waals surface area (Å²) in [5.41, 5.74) is -5.14. The third-order valence-corrected chi connectivity index (χ3v) is 6.97. The van der Waals surface area contributed by atoms with Gasteiger partial charge in [0.15, 0.2) is 11.9 Å². The van der Waals surface area contributed by atoms with Gasteiger partial charge in [0.25, 0.3) is 5.56 Å². The minimum Gasteiger partial charge on any atom is -0.462 e. The van der Waals surface area contributed by atoms with Crippen molar-refractivity contribution in [2.45, 2.75) is 63.9 Å². The van der Waals surface area contributed by atoms with Crippen LogP contribution < -0.4 is 20.9 Å². The van der Waals surface area contributed by atoms with Crippen LogP contribution in [0.3, 0.4) is 0 Å². The molecule has 0 saturated carbocycles. The van der Waals surface area contributed by atoms with Crippen LogP contribution in [0.15, 0.2) is 46.1 Å². The third-order valence-electron chi connectivity index (χ3n) is 5.33. The Morgan fingerprint density at radius 1 is 1.30 bits per heavy atom. The first kappa shape index (κ1) is 28.7. The quantitative estimate of drug-likeness (QED) is 0.296. The third kappa shape index (κ3) is 6.70. The number of rotatable bonds is 10. The Balaban J connectivity index is 1.82. The van der Waals surface area contributed by atoms with E-state index in [0.717, 1.165) is 6.92 Å². The van der Waals surface area contributed by atoms with Gasteiger partial charge in [0.1, 0.15) is 24.0 Å². The van der Waals surface area contributed by atoms with Crippen molar-refractivity contribution in [3.63, 3.8) is 0 Å². The summed E-state index contributed by atoms with van der Waals surface area (Å²) >= 11 is 0. The number of alkyl halides is 1. The van der Waals surface area contributed by atoms with Crippen LogP contribution >= 0.6 is 7.75 Å². The standard InChI is InChI=1S/C22H28F2N3O9P/c1-12(2)34-19(30)13(3)26-37(32,36-14-8-6-5-7-9-14)33-11-16-17(28)22(4,24)20(35-16)27-10-15(23)18(29)25-21(27)31/h5-10,12-13,16-17,20,28H,11H2,1-4H3,(H,26,32)(H,25,29,31)/t13-,16-,17-,20-,22-,37-/m1/s1. The summed E-state index contributed by atoms with van der Waals surface area (Å²) in [6, 6.07) is 6.66. The number of nitrogens with zero attached hydrogens (tertiary/aromatic N) is 1. The smallest absolute Gasteiger partial charge is 0.459 e. The number of ether oxygens (including phenoxy) is 2. The maximum absolute atomic E-state index is 15.4. The fourth-order valence-electron chi connectivity index (χ4n) is 3.49. The molecular weight excluding hydrogens is 519 g/mol. The van der Waals surface area contributed by atoms with E-state index in [1.54, 1.807) is 37.0 Å². The largest absolute Gasteiger partial charge is 0.462 e. The van der Waals surface area contributed by atoms with Crippen molar-refractivity contribution in [2.24, 2.45) is 0 Å². The van der Waals surface area contributed by atoms with Crippen LogP contribution in [0.5, 0.6) is 5.75 Å². The summed E-state index contributed by atoms with van der Waals surface area (Å²) < 4.78 is 64.6. The van der Waals surface area contributed by atoms with E-state index in [1.807, 2.05) is 0 Å². The van der Waals surface area contributed by atoms with Gasteiger partial charge >= 0.3 is 19.4 Å². The van der Waals surface area contributed by atoms with Crippen LogP contribution in [0.25, 0.3) is 0 Å². The molecule has 15 heteroatoms. The number of halogens is 2. The van der Waals surface area contributed by atoms with Gasteiger partial charge in [0, 0.05) is 0 Å². The van der Waals surface area contributed by atoms with Crippen molar-refractivity contribution in [3.8, 4) is 5.75 Å². The normalized spacial score (nSPS) is 26.0. The highest BCUT2D eigenvalue weighted by molar-refractivity contribution is 7.52. The van der Waals surface area contributed by atoms with Crippen molar-refractivity contribution in [1.82, 2.24) is 14.6 Å². The molecule has 1 aliphatic heterocycles. The first-order chi connectivity index (χ1) is 17.2. The van der Waals surface area contributed by atoms with Crippen molar-refractivity contribution in [2.75, 3.05) is 6.61 Å². The zero-order valence-corrected chi connectivity index (χ0v) is 21.3. The van der Waals surface area contributed by atoms with Crippen LogP contribution in [0, 0.1) is 5.82 Å².